The summed E-state index contributed by atoms with van der Waals surface area (Å²) in [5.41, 5.74) is 2.05. The summed E-state index contributed by atoms with van der Waals surface area (Å²) in [6.07, 6.45) is 0.936. The Morgan fingerprint density at radius 2 is 2.14 bits per heavy atom. The van der Waals surface area contributed by atoms with Crippen molar-refractivity contribution in [3.8, 4) is 17.2 Å². The van der Waals surface area contributed by atoms with Crippen LogP contribution < -0.4 is 4.74 Å². The van der Waals surface area contributed by atoms with Gasteiger partial charge in [0.15, 0.2) is 5.58 Å². The lowest BCUT2D eigenvalue weighted by atomic mass is 10.2. The van der Waals surface area contributed by atoms with Gasteiger partial charge in [0.2, 0.25) is 5.89 Å². The van der Waals surface area contributed by atoms with Gasteiger partial charge in [-0.25, -0.2) is 9.78 Å². The summed E-state index contributed by atoms with van der Waals surface area (Å²) >= 11 is 0. The van der Waals surface area contributed by atoms with Crippen LogP contribution in [0.1, 0.15) is 23.7 Å². The van der Waals surface area contributed by atoms with E-state index < -0.39 is 5.97 Å². The lowest BCUT2D eigenvalue weighted by molar-refractivity contribution is 0.0697. The number of aromatic carboxylic acids is 1. The van der Waals surface area contributed by atoms with Gasteiger partial charge < -0.3 is 14.3 Å². The largest absolute Gasteiger partial charge is 0.494 e. The summed E-state index contributed by atoms with van der Waals surface area (Å²) in [7, 11) is 0. The molecule has 0 aliphatic carbocycles. The number of hydrogen-bond acceptors (Lipinski definition) is 4. The molecule has 22 heavy (non-hydrogen) atoms. The summed E-state index contributed by atoms with van der Waals surface area (Å²) in [4.78, 5) is 15.4. The number of benzene rings is 2. The van der Waals surface area contributed by atoms with E-state index in [0.717, 1.165) is 17.7 Å². The highest BCUT2D eigenvalue weighted by Crippen LogP contribution is 2.27. The van der Waals surface area contributed by atoms with Crippen molar-refractivity contribution in [2.45, 2.75) is 13.3 Å². The first kappa shape index (κ1) is 14.1. The SMILES string of the molecule is CCCOc1cccc(-c2nc3ccc(C(=O)O)cc3o2)c1. The highest BCUT2D eigenvalue weighted by molar-refractivity contribution is 5.92. The van der Waals surface area contributed by atoms with Crippen molar-refractivity contribution < 1.29 is 19.1 Å². The highest BCUT2D eigenvalue weighted by atomic mass is 16.5. The maximum absolute atomic E-state index is 11.0. The number of aromatic nitrogens is 1. The highest BCUT2D eigenvalue weighted by Gasteiger charge is 2.11. The van der Waals surface area contributed by atoms with Gasteiger partial charge in [-0.05, 0) is 42.8 Å². The van der Waals surface area contributed by atoms with Crippen LogP contribution in [0, 0.1) is 0 Å². The number of carboxylic acid groups (broad SMARTS) is 1. The fraction of sp³-hybridized carbons (Fsp3) is 0.176. The van der Waals surface area contributed by atoms with Crippen molar-refractivity contribution in [3.05, 3.63) is 48.0 Å². The number of carbonyl (C=O) groups is 1. The first-order valence-electron chi connectivity index (χ1n) is 7.04. The maximum atomic E-state index is 11.0. The number of nitrogens with zero attached hydrogens (tertiary/aromatic N) is 1. The molecule has 0 radical (unpaired) electrons. The first-order valence-corrected chi connectivity index (χ1v) is 7.04. The molecule has 0 fully saturated rings. The molecule has 0 bridgehead atoms. The molecule has 0 amide bonds. The Labute approximate surface area is 127 Å². The Hall–Kier alpha value is -2.82. The number of rotatable bonds is 5. The van der Waals surface area contributed by atoms with Crippen LogP contribution in [0.25, 0.3) is 22.6 Å². The second-order valence-corrected chi connectivity index (χ2v) is 4.88. The summed E-state index contributed by atoms with van der Waals surface area (Å²) in [6.45, 7) is 2.70. The van der Waals surface area contributed by atoms with E-state index in [1.54, 1.807) is 6.07 Å². The Morgan fingerprint density at radius 1 is 1.27 bits per heavy atom. The number of oxazole rings is 1. The molecule has 1 N–H and O–H groups in total. The van der Waals surface area contributed by atoms with E-state index in [2.05, 4.69) is 4.98 Å². The van der Waals surface area contributed by atoms with Crippen LogP contribution in [-0.2, 0) is 0 Å². The Kier molecular flexibility index (Phi) is 3.78. The summed E-state index contributed by atoms with van der Waals surface area (Å²) < 4.78 is 11.3. The minimum Gasteiger partial charge on any atom is -0.494 e. The Morgan fingerprint density at radius 3 is 2.91 bits per heavy atom. The molecule has 0 saturated carbocycles. The Bertz CT molecular complexity index is 822. The zero-order valence-electron chi connectivity index (χ0n) is 12.1. The molecular formula is C17H15NO4. The van der Waals surface area contributed by atoms with Gasteiger partial charge in [-0.15, -0.1) is 0 Å². The van der Waals surface area contributed by atoms with Crippen LogP contribution in [0.3, 0.4) is 0 Å². The molecule has 0 unspecified atom stereocenters. The van der Waals surface area contributed by atoms with Crippen molar-refractivity contribution in [3.63, 3.8) is 0 Å². The molecule has 0 spiro atoms. The van der Waals surface area contributed by atoms with Crippen LogP contribution >= 0.6 is 0 Å². The average Bonchev–Trinajstić information content (AvgIpc) is 2.96. The van der Waals surface area contributed by atoms with Gasteiger partial charge in [0.05, 0.1) is 12.2 Å². The average molecular weight is 297 g/mol. The van der Waals surface area contributed by atoms with E-state index in [1.807, 2.05) is 31.2 Å². The predicted octanol–water partition coefficient (Wildman–Crippen LogP) is 3.98. The molecule has 0 aliphatic heterocycles. The van der Waals surface area contributed by atoms with Gasteiger partial charge in [-0.2, -0.15) is 0 Å². The standard InChI is InChI=1S/C17H15NO4/c1-2-8-21-13-5-3-4-11(9-13)16-18-14-7-6-12(17(19)20)10-15(14)22-16/h3-7,9-10H,2,8H2,1H3,(H,19,20). The number of ether oxygens (including phenoxy) is 1. The van der Waals surface area contributed by atoms with E-state index in [9.17, 15) is 4.79 Å². The van der Waals surface area contributed by atoms with Gasteiger partial charge in [0.25, 0.3) is 0 Å². The van der Waals surface area contributed by atoms with Crippen LogP contribution in [0.5, 0.6) is 5.75 Å². The van der Waals surface area contributed by atoms with Gasteiger partial charge in [-0.1, -0.05) is 13.0 Å². The smallest absolute Gasteiger partial charge is 0.335 e. The monoisotopic (exact) mass is 297 g/mol. The van der Waals surface area contributed by atoms with Gasteiger partial charge in [0, 0.05) is 5.56 Å². The van der Waals surface area contributed by atoms with E-state index >= 15 is 0 Å². The number of hydrogen-bond donors (Lipinski definition) is 1. The predicted molar refractivity (Wildman–Crippen MR) is 82.2 cm³/mol. The molecule has 5 nitrogen and oxygen atoms in total. The third-order valence-electron chi connectivity index (χ3n) is 3.19. The minimum absolute atomic E-state index is 0.176. The molecule has 112 valence electrons. The summed E-state index contributed by atoms with van der Waals surface area (Å²) in [6, 6.07) is 12.1. The van der Waals surface area contributed by atoms with Crippen LogP contribution in [0.4, 0.5) is 0 Å². The van der Waals surface area contributed by atoms with E-state index in [4.69, 9.17) is 14.3 Å². The minimum atomic E-state index is -0.991. The van der Waals surface area contributed by atoms with Crippen molar-refractivity contribution in [1.82, 2.24) is 4.98 Å². The van der Waals surface area contributed by atoms with Crippen LogP contribution in [0.2, 0.25) is 0 Å². The van der Waals surface area contributed by atoms with Crippen LogP contribution in [0.15, 0.2) is 46.9 Å². The zero-order valence-corrected chi connectivity index (χ0v) is 12.1. The van der Waals surface area contributed by atoms with E-state index in [1.165, 1.54) is 12.1 Å². The van der Waals surface area contributed by atoms with Crippen molar-refractivity contribution in [1.29, 1.82) is 0 Å². The topological polar surface area (TPSA) is 72.6 Å². The van der Waals surface area contributed by atoms with Gasteiger partial charge in [-0.3, -0.25) is 0 Å². The molecule has 0 saturated heterocycles. The second-order valence-electron chi connectivity index (χ2n) is 4.88. The van der Waals surface area contributed by atoms with Crippen molar-refractivity contribution >= 4 is 17.1 Å². The molecule has 0 aliphatic rings. The normalized spacial score (nSPS) is 10.8. The fourth-order valence-electron chi connectivity index (χ4n) is 2.12. The fourth-order valence-corrected chi connectivity index (χ4v) is 2.12. The molecule has 1 heterocycles. The molecule has 1 aromatic heterocycles. The van der Waals surface area contributed by atoms with Crippen LogP contribution in [-0.4, -0.2) is 22.7 Å². The van der Waals surface area contributed by atoms with Crippen molar-refractivity contribution in [2.75, 3.05) is 6.61 Å². The first-order chi connectivity index (χ1) is 10.7. The van der Waals surface area contributed by atoms with Gasteiger partial charge in [0.1, 0.15) is 11.3 Å². The second kappa shape index (κ2) is 5.89. The number of carboxylic acids is 1. The molecule has 5 heteroatoms. The molecule has 0 atom stereocenters. The zero-order chi connectivity index (χ0) is 15.5. The number of fused-ring (bicyclic) bond motifs is 1. The van der Waals surface area contributed by atoms with E-state index in [0.29, 0.717) is 23.6 Å². The lowest BCUT2D eigenvalue weighted by Gasteiger charge is -2.04. The van der Waals surface area contributed by atoms with E-state index in [-0.39, 0.29) is 5.56 Å². The third kappa shape index (κ3) is 2.79. The summed E-state index contributed by atoms with van der Waals surface area (Å²) in [5, 5.41) is 9.01. The van der Waals surface area contributed by atoms with Gasteiger partial charge >= 0.3 is 5.97 Å². The molecule has 3 aromatic rings. The quantitative estimate of drug-likeness (QED) is 0.771. The van der Waals surface area contributed by atoms with Crippen molar-refractivity contribution in [2.24, 2.45) is 0 Å². The third-order valence-corrected chi connectivity index (χ3v) is 3.19. The molecule has 2 aromatic carbocycles. The summed E-state index contributed by atoms with van der Waals surface area (Å²) in [5.74, 6) is 0.210. The lowest BCUT2D eigenvalue weighted by Crippen LogP contribution is -1.94. The maximum Gasteiger partial charge on any atom is 0.335 e. The molecule has 3 rings (SSSR count). The molecular weight excluding hydrogens is 282 g/mol. The Balaban J connectivity index is 1.97.